The molecule has 0 spiro atoms. The molecule has 1 aliphatic rings. The normalized spacial score (nSPS) is 19.9. The van der Waals surface area contributed by atoms with Gasteiger partial charge in [0.15, 0.2) is 0 Å². The van der Waals surface area contributed by atoms with Crippen LogP contribution in [-0.2, 0) is 14.8 Å². The van der Waals surface area contributed by atoms with Crippen LogP contribution in [0.5, 0.6) is 0 Å². The SMILES string of the molecule is Cc1sc(C(=O)O)cc1S(=O)(=O)NC1CCCCNC1=O. The first kappa shape index (κ1) is 15.9. The van der Waals surface area contributed by atoms with Crippen LogP contribution in [0.4, 0.5) is 0 Å². The van der Waals surface area contributed by atoms with E-state index in [1.54, 1.807) is 6.92 Å². The van der Waals surface area contributed by atoms with Crippen LogP contribution in [0, 0.1) is 6.92 Å². The van der Waals surface area contributed by atoms with Gasteiger partial charge in [-0.3, -0.25) is 4.79 Å². The molecule has 1 saturated heterocycles. The number of carboxylic acids is 1. The van der Waals surface area contributed by atoms with Gasteiger partial charge < -0.3 is 10.4 Å². The van der Waals surface area contributed by atoms with Crippen molar-refractivity contribution < 1.29 is 23.1 Å². The molecule has 1 fully saturated rings. The van der Waals surface area contributed by atoms with E-state index in [-0.39, 0.29) is 15.7 Å². The van der Waals surface area contributed by atoms with Crippen molar-refractivity contribution in [1.82, 2.24) is 10.0 Å². The van der Waals surface area contributed by atoms with Gasteiger partial charge in [-0.05, 0) is 32.3 Å². The van der Waals surface area contributed by atoms with E-state index in [1.807, 2.05) is 0 Å². The van der Waals surface area contributed by atoms with E-state index in [4.69, 9.17) is 5.11 Å². The molecule has 0 bridgehead atoms. The van der Waals surface area contributed by atoms with Gasteiger partial charge in [0.05, 0.1) is 4.90 Å². The standard InChI is InChI=1S/C12H16N2O5S2/c1-7-10(6-9(20-7)12(16)17)21(18,19)14-8-4-2-3-5-13-11(8)15/h6,8,14H,2-5H2,1H3,(H,13,15)(H,16,17). The maximum Gasteiger partial charge on any atom is 0.345 e. The summed E-state index contributed by atoms with van der Waals surface area (Å²) in [6.07, 6.45) is 1.99. The molecule has 116 valence electrons. The van der Waals surface area contributed by atoms with E-state index in [1.165, 1.54) is 0 Å². The van der Waals surface area contributed by atoms with Gasteiger partial charge >= 0.3 is 5.97 Å². The summed E-state index contributed by atoms with van der Waals surface area (Å²) in [5, 5.41) is 11.6. The predicted molar refractivity (Wildman–Crippen MR) is 77.0 cm³/mol. The number of thiophene rings is 1. The first-order valence-electron chi connectivity index (χ1n) is 6.45. The second-order valence-corrected chi connectivity index (χ2v) is 7.74. The van der Waals surface area contributed by atoms with E-state index in [2.05, 4.69) is 10.0 Å². The van der Waals surface area contributed by atoms with Gasteiger partial charge in [0.25, 0.3) is 0 Å². The van der Waals surface area contributed by atoms with Crippen LogP contribution < -0.4 is 10.0 Å². The van der Waals surface area contributed by atoms with E-state index in [0.717, 1.165) is 30.2 Å². The average molecular weight is 332 g/mol. The summed E-state index contributed by atoms with van der Waals surface area (Å²) in [7, 11) is -3.92. The van der Waals surface area contributed by atoms with Crippen LogP contribution in [0.1, 0.15) is 33.8 Å². The minimum absolute atomic E-state index is 0.0433. The Labute approximate surface area is 126 Å². The molecule has 1 unspecified atom stereocenters. The molecule has 1 amide bonds. The molecule has 1 aliphatic heterocycles. The zero-order chi connectivity index (χ0) is 15.6. The van der Waals surface area contributed by atoms with Crippen molar-refractivity contribution in [3.05, 3.63) is 15.8 Å². The fourth-order valence-corrected chi connectivity index (χ4v) is 4.80. The molecular weight excluding hydrogens is 316 g/mol. The van der Waals surface area contributed by atoms with Crippen LogP contribution >= 0.6 is 11.3 Å². The quantitative estimate of drug-likeness (QED) is 0.751. The number of aryl methyl sites for hydroxylation is 1. The Kier molecular flexibility index (Phi) is 4.64. The molecule has 0 aromatic carbocycles. The average Bonchev–Trinajstić information content (AvgIpc) is 2.69. The van der Waals surface area contributed by atoms with Crippen molar-refractivity contribution in [3.8, 4) is 0 Å². The highest BCUT2D eigenvalue weighted by Gasteiger charge is 2.29. The summed E-state index contributed by atoms with van der Waals surface area (Å²) in [5.74, 6) is -1.51. The van der Waals surface area contributed by atoms with Gasteiger partial charge in [0.1, 0.15) is 10.9 Å². The van der Waals surface area contributed by atoms with Crippen molar-refractivity contribution in [3.63, 3.8) is 0 Å². The molecule has 1 atom stereocenters. The van der Waals surface area contributed by atoms with Gasteiger partial charge in [0, 0.05) is 11.4 Å². The third-order valence-corrected chi connectivity index (χ3v) is 5.97. The van der Waals surface area contributed by atoms with Crippen LogP contribution in [-0.4, -0.2) is 38.0 Å². The largest absolute Gasteiger partial charge is 0.477 e. The summed E-state index contributed by atoms with van der Waals surface area (Å²) >= 11 is 0.897. The molecule has 0 radical (unpaired) electrons. The van der Waals surface area contributed by atoms with E-state index >= 15 is 0 Å². The number of nitrogens with one attached hydrogen (secondary N) is 2. The second-order valence-electron chi connectivity index (χ2n) is 4.80. The number of aromatic carboxylic acids is 1. The fraction of sp³-hybridized carbons (Fsp3) is 0.500. The van der Waals surface area contributed by atoms with Crippen LogP contribution in [0.3, 0.4) is 0 Å². The molecule has 1 aromatic heterocycles. The highest BCUT2D eigenvalue weighted by Crippen LogP contribution is 2.26. The van der Waals surface area contributed by atoms with Crippen molar-refractivity contribution >= 4 is 33.2 Å². The lowest BCUT2D eigenvalue weighted by Gasteiger charge is -2.15. The monoisotopic (exact) mass is 332 g/mol. The maximum absolute atomic E-state index is 12.3. The van der Waals surface area contributed by atoms with Crippen LogP contribution in [0.2, 0.25) is 0 Å². The molecule has 9 heteroatoms. The Hall–Kier alpha value is -1.45. The minimum Gasteiger partial charge on any atom is -0.477 e. The second kappa shape index (κ2) is 6.12. The van der Waals surface area contributed by atoms with E-state index in [0.29, 0.717) is 17.8 Å². The van der Waals surface area contributed by atoms with Gasteiger partial charge in [-0.15, -0.1) is 11.3 Å². The first-order chi connectivity index (χ1) is 9.81. The summed E-state index contributed by atoms with van der Waals surface area (Å²) in [5.41, 5.74) is 0. The third-order valence-electron chi connectivity index (χ3n) is 3.21. The lowest BCUT2D eigenvalue weighted by Crippen LogP contribution is -2.45. The van der Waals surface area contributed by atoms with Gasteiger partial charge in [-0.1, -0.05) is 0 Å². The number of carbonyl (C=O) groups is 2. The zero-order valence-corrected chi connectivity index (χ0v) is 13.0. The molecule has 1 aromatic rings. The number of hydrogen-bond donors (Lipinski definition) is 3. The van der Waals surface area contributed by atoms with Crippen molar-refractivity contribution in [1.29, 1.82) is 0 Å². The maximum atomic E-state index is 12.3. The van der Waals surface area contributed by atoms with Crippen LogP contribution in [0.25, 0.3) is 0 Å². The van der Waals surface area contributed by atoms with Gasteiger partial charge in [-0.2, -0.15) is 4.72 Å². The van der Waals surface area contributed by atoms with E-state index < -0.39 is 22.0 Å². The third kappa shape index (κ3) is 3.60. The number of rotatable bonds is 4. The number of hydrogen-bond acceptors (Lipinski definition) is 5. The van der Waals surface area contributed by atoms with Gasteiger partial charge in [-0.25, -0.2) is 13.2 Å². The Morgan fingerprint density at radius 3 is 2.81 bits per heavy atom. The Balaban J connectivity index is 2.25. The summed E-state index contributed by atoms with van der Waals surface area (Å²) in [4.78, 5) is 23.0. The highest BCUT2D eigenvalue weighted by atomic mass is 32.2. The first-order valence-corrected chi connectivity index (χ1v) is 8.75. The summed E-state index contributed by atoms with van der Waals surface area (Å²) in [6, 6.07) is 0.310. The number of amides is 1. The van der Waals surface area contributed by atoms with Gasteiger partial charge in [0.2, 0.25) is 15.9 Å². The molecule has 7 nitrogen and oxygen atoms in total. The lowest BCUT2D eigenvalue weighted by molar-refractivity contribution is -0.122. The lowest BCUT2D eigenvalue weighted by atomic mass is 10.1. The summed E-state index contributed by atoms with van der Waals surface area (Å²) < 4.78 is 27.0. The van der Waals surface area contributed by atoms with E-state index in [9.17, 15) is 18.0 Å². The predicted octanol–water partition coefficient (Wildman–Crippen LogP) is 0.702. The Morgan fingerprint density at radius 1 is 1.48 bits per heavy atom. The molecule has 3 N–H and O–H groups in total. The summed E-state index contributed by atoms with van der Waals surface area (Å²) in [6.45, 7) is 2.08. The molecule has 0 saturated carbocycles. The Morgan fingerprint density at radius 2 is 2.19 bits per heavy atom. The Bertz CT molecular complexity index is 665. The zero-order valence-electron chi connectivity index (χ0n) is 11.4. The molecular formula is C12H16N2O5S2. The number of carbonyl (C=O) groups excluding carboxylic acids is 1. The molecule has 2 rings (SSSR count). The fourth-order valence-electron chi connectivity index (χ4n) is 2.14. The molecule has 2 heterocycles. The van der Waals surface area contributed by atoms with Crippen molar-refractivity contribution in [2.75, 3.05) is 6.54 Å². The smallest absolute Gasteiger partial charge is 0.345 e. The van der Waals surface area contributed by atoms with Crippen LogP contribution in [0.15, 0.2) is 11.0 Å². The number of sulfonamides is 1. The minimum atomic E-state index is -3.92. The molecule has 21 heavy (non-hydrogen) atoms. The molecule has 0 aliphatic carbocycles. The number of carboxylic acid groups (broad SMARTS) is 1. The van der Waals surface area contributed by atoms with Crippen molar-refractivity contribution in [2.45, 2.75) is 37.1 Å². The topological polar surface area (TPSA) is 113 Å². The highest BCUT2D eigenvalue weighted by molar-refractivity contribution is 7.89. The van der Waals surface area contributed by atoms with Crippen molar-refractivity contribution in [2.24, 2.45) is 0 Å².